The first kappa shape index (κ1) is 22.9. The third kappa shape index (κ3) is 4.47. The number of rotatable bonds is 6. The fraction of sp³-hybridized carbons (Fsp3) is 0.286. The number of methoxy groups -OCH3 is 1. The molecule has 7 heteroatoms. The van der Waals surface area contributed by atoms with Crippen LogP contribution >= 0.6 is 0 Å². The molecule has 1 fully saturated rings. The Morgan fingerprint density at radius 2 is 1.74 bits per heavy atom. The Hall–Kier alpha value is -3.84. The number of aromatic nitrogens is 1. The minimum atomic E-state index is -0.410. The van der Waals surface area contributed by atoms with Gasteiger partial charge in [-0.1, -0.05) is 35.9 Å². The lowest BCUT2D eigenvalue weighted by Crippen LogP contribution is -2.47. The molecule has 1 aliphatic heterocycles. The van der Waals surface area contributed by atoms with E-state index in [0.717, 1.165) is 48.7 Å². The lowest BCUT2D eigenvalue weighted by Gasteiger charge is -2.36. The van der Waals surface area contributed by atoms with Gasteiger partial charge >= 0.3 is 5.76 Å². The van der Waals surface area contributed by atoms with E-state index in [0.29, 0.717) is 28.9 Å². The summed E-state index contributed by atoms with van der Waals surface area (Å²) >= 11 is 0. The van der Waals surface area contributed by atoms with Crippen LogP contribution in [0.4, 0.5) is 5.69 Å². The van der Waals surface area contributed by atoms with Gasteiger partial charge in [0.05, 0.1) is 25.0 Å². The topological polar surface area (TPSA) is 67.9 Å². The monoisotopic (exact) mass is 471 g/mol. The van der Waals surface area contributed by atoms with Gasteiger partial charge in [0, 0.05) is 37.3 Å². The molecule has 7 nitrogen and oxygen atoms in total. The zero-order valence-electron chi connectivity index (χ0n) is 20.3. The quantitative estimate of drug-likeness (QED) is 0.392. The van der Waals surface area contributed by atoms with E-state index >= 15 is 0 Å². The predicted molar refractivity (Wildman–Crippen MR) is 137 cm³/mol. The number of carbonyl (C=O) groups is 1. The van der Waals surface area contributed by atoms with Crippen LogP contribution in [-0.4, -0.2) is 48.5 Å². The number of aryl methyl sites for hydroxylation is 2. The van der Waals surface area contributed by atoms with Gasteiger partial charge in [0.1, 0.15) is 5.75 Å². The summed E-state index contributed by atoms with van der Waals surface area (Å²) in [5.41, 5.74) is 5.25. The molecule has 1 saturated heterocycles. The molecular formula is C28H29N3O4. The van der Waals surface area contributed by atoms with E-state index in [4.69, 9.17) is 9.15 Å². The zero-order chi connectivity index (χ0) is 24.5. The number of carbonyl (C=O) groups excluding carboxylic acids is 1. The molecule has 0 radical (unpaired) electrons. The fourth-order valence-electron chi connectivity index (χ4n) is 4.75. The Labute approximate surface area is 204 Å². The number of fused-ring (bicyclic) bond motifs is 1. The second kappa shape index (κ2) is 9.43. The van der Waals surface area contributed by atoms with Gasteiger partial charge in [0.15, 0.2) is 11.4 Å². The molecule has 4 aromatic rings. The molecule has 5 rings (SSSR count). The number of benzene rings is 3. The molecule has 0 saturated carbocycles. The van der Waals surface area contributed by atoms with Gasteiger partial charge in [0.25, 0.3) is 0 Å². The molecule has 0 amide bonds. The molecule has 0 N–H and O–H groups in total. The number of hydrogen-bond acceptors (Lipinski definition) is 6. The summed E-state index contributed by atoms with van der Waals surface area (Å²) in [6, 6.07) is 19.1. The Morgan fingerprint density at radius 1 is 0.971 bits per heavy atom. The normalized spacial score (nSPS) is 14.4. The maximum atomic E-state index is 13.1. The Bertz CT molecular complexity index is 1440. The summed E-state index contributed by atoms with van der Waals surface area (Å²) < 4.78 is 12.7. The molecule has 2 heterocycles. The summed E-state index contributed by atoms with van der Waals surface area (Å²) in [5, 5.41) is 0. The Kier molecular flexibility index (Phi) is 6.17. The maximum absolute atomic E-state index is 13.1. The van der Waals surface area contributed by atoms with Crippen LogP contribution in [0.1, 0.15) is 27.0 Å². The van der Waals surface area contributed by atoms with Crippen molar-refractivity contribution < 1.29 is 13.9 Å². The third-order valence-corrected chi connectivity index (χ3v) is 6.68. The van der Waals surface area contributed by atoms with Crippen molar-refractivity contribution in [2.75, 3.05) is 38.2 Å². The summed E-state index contributed by atoms with van der Waals surface area (Å²) in [6.45, 7) is 7.58. The van der Waals surface area contributed by atoms with Crippen LogP contribution < -0.4 is 15.4 Å². The lowest BCUT2D eigenvalue weighted by atomic mass is 9.97. The number of hydrogen-bond donors (Lipinski definition) is 0. The van der Waals surface area contributed by atoms with E-state index in [1.165, 1.54) is 0 Å². The molecule has 0 aliphatic carbocycles. The summed E-state index contributed by atoms with van der Waals surface area (Å²) in [6.07, 6.45) is 0. The molecule has 1 aliphatic rings. The second-order valence-electron chi connectivity index (χ2n) is 9.05. The summed E-state index contributed by atoms with van der Waals surface area (Å²) in [7, 11) is 1.69. The SMILES string of the molecule is COc1ccccc1N1CCN(Cn2c(=O)oc3cc(C(=O)c4cccc(C)c4)c(C)cc32)CC1. The Morgan fingerprint density at radius 3 is 2.49 bits per heavy atom. The average Bonchev–Trinajstić information content (AvgIpc) is 3.17. The molecule has 180 valence electrons. The van der Waals surface area contributed by atoms with Crippen LogP contribution in [0.15, 0.2) is 69.9 Å². The minimum Gasteiger partial charge on any atom is -0.495 e. The molecule has 0 atom stereocenters. The average molecular weight is 472 g/mol. The maximum Gasteiger partial charge on any atom is 0.421 e. The number of oxazole rings is 1. The Balaban J connectivity index is 1.35. The highest BCUT2D eigenvalue weighted by atomic mass is 16.5. The van der Waals surface area contributed by atoms with Crippen molar-refractivity contribution in [1.82, 2.24) is 9.47 Å². The third-order valence-electron chi connectivity index (χ3n) is 6.68. The van der Waals surface area contributed by atoms with Crippen molar-refractivity contribution >= 4 is 22.6 Å². The first-order valence-electron chi connectivity index (χ1n) is 11.8. The van der Waals surface area contributed by atoms with Crippen molar-refractivity contribution in [3.63, 3.8) is 0 Å². The van der Waals surface area contributed by atoms with Gasteiger partial charge < -0.3 is 14.1 Å². The number of para-hydroxylation sites is 2. The number of ketones is 1. The fourth-order valence-corrected chi connectivity index (χ4v) is 4.75. The van der Waals surface area contributed by atoms with E-state index in [1.54, 1.807) is 17.7 Å². The first-order chi connectivity index (χ1) is 16.9. The minimum absolute atomic E-state index is 0.0732. The highest BCUT2D eigenvalue weighted by Gasteiger charge is 2.22. The standard InChI is InChI=1S/C28H29N3O4/c1-19-7-6-8-21(15-19)27(32)22-17-26-24(16-20(22)2)31(28(33)35-26)18-29-11-13-30(14-12-29)23-9-4-5-10-25(23)34-3/h4-10,15-17H,11-14,18H2,1-3H3. The molecule has 0 spiro atoms. The predicted octanol–water partition coefficient (Wildman–Crippen LogP) is 4.23. The first-order valence-corrected chi connectivity index (χ1v) is 11.8. The van der Waals surface area contributed by atoms with Crippen molar-refractivity contribution in [3.05, 3.63) is 93.5 Å². The molecule has 0 unspecified atom stereocenters. The molecule has 3 aromatic carbocycles. The molecule has 35 heavy (non-hydrogen) atoms. The van der Waals surface area contributed by atoms with E-state index in [2.05, 4.69) is 15.9 Å². The highest BCUT2D eigenvalue weighted by Crippen LogP contribution is 2.28. The molecular weight excluding hydrogens is 442 g/mol. The van der Waals surface area contributed by atoms with Gasteiger partial charge in [0.2, 0.25) is 0 Å². The van der Waals surface area contributed by atoms with Gasteiger partial charge in [-0.25, -0.2) is 4.79 Å². The van der Waals surface area contributed by atoms with Crippen molar-refractivity contribution in [3.8, 4) is 5.75 Å². The van der Waals surface area contributed by atoms with Crippen LogP contribution in [0.25, 0.3) is 11.1 Å². The van der Waals surface area contributed by atoms with Gasteiger partial charge in [-0.2, -0.15) is 0 Å². The lowest BCUT2D eigenvalue weighted by molar-refractivity contribution is 0.103. The smallest absolute Gasteiger partial charge is 0.421 e. The number of nitrogens with zero attached hydrogens (tertiary/aromatic N) is 3. The van der Waals surface area contributed by atoms with E-state index < -0.39 is 5.76 Å². The number of ether oxygens (including phenoxy) is 1. The van der Waals surface area contributed by atoms with Gasteiger partial charge in [-0.15, -0.1) is 0 Å². The number of anilines is 1. The highest BCUT2D eigenvalue weighted by molar-refractivity contribution is 6.11. The van der Waals surface area contributed by atoms with Crippen molar-refractivity contribution in [1.29, 1.82) is 0 Å². The van der Waals surface area contributed by atoms with E-state index in [9.17, 15) is 9.59 Å². The molecule has 0 bridgehead atoms. The largest absolute Gasteiger partial charge is 0.495 e. The van der Waals surface area contributed by atoms with Gasteiger partial charge in [-0.05, 0) is 49.7 Å². The van der Waals surface area contributed by atoms with E-state index in [1.807, 2.05) is 62.4 Å². The van der Waals surface area contributed by atoms with Crippen LogP contribution in [-0.2, 0) is 6.67 Å². The van der Waals surface area contributed by atoms with Gasteiger partial charge in [-0.3, -0.25) is 14.3 Å². The zero-order valence-corrected chi connectivity index (χ0v) is 20.3. The number of piperazine rings is 1. The van der Waals surface area contributed by atoms with Crippen LogP contribution in [0.5, 0.6) is 5.75 Å². The van der Waals surface area contributed by atoms with Crippen LogP contribution in [0.2, 0.25) is 0 Å². The molecule has 1 aromatic heterocycles. The van der Waals surface area contributed by atoms with E-state index in [-0.39, 0.29) is 5.78 Å². The van der Waals surface area contributed by atoms with Crippen molar-refractivity contribution in [2.45, 2.75) is 20.5 Å². The van der Waals surface area contributed by atoms with Crippen LogP contribution in [0.3, 0.4) is 0 Å². The van der Waals surface area contributed by atoms with Crippen molar-refractivity contribution in [2.24, 2.45) is 0 Å². The summed E-state index contributed by atoms with van der Waals surface area (Å²) in [4.78, 5) is 30.4. The van der Waals surface area contributed by atoms with Crippen LogP contribution in [0, 0.1) is 13.8 Å². The second-order valence-corrected chi connectivity index (χ2v) is 9.05. The summed E-state index contributed by atoms with van der Waals surface area (Å²) in [5.74, 6) is 0.382.